The number of hydrogen-bond acceptors (Lipinski definition) is 5. The second-order valence-electron chi connectivity index (χ2n) is 5.06. The lowest BCUT2D eigenvalue weighted by Crippen LogP contribution is -2.26. The Morgan fingerprint density at radius 1 is 1.41 bits per heavy atom. The minimum absolute atomic E-state index is 0.104. The predicted octanol–water partition coefficient (Wildman–Crippen LogP) is 3.24. The van der Waals surface area contributed by atoms with Gasteiger partial charge in [0.1, 0.15) is 0 Å². The standard InChI is InChI=1S/C16H20N2O2S2/c1-11(19)7-8-17-16(20)13-3-5-15(6-4-13)22-10-14-9-21-12(2)18-14/h3-6,9,11,19H,7-8,10H2,1-2H3,(H,17,20). The molecule has 1 heterocycles. The van der Waals surface area contributed by atoms with E-state index in [-0.39, 0.29) is 5.91 Å². The van der Waals surface area contributed by atoms with Gasteiger partial charge in [-0.25, -0.2) is 4.98 Å². The highest BCUT2D eigenvalue weighted by atomic mass is 32.2. The first kappa shape index (κ1) is 17.0. The fraction of sp³-hybridized carbons (Fsp3) is 0.375. The summed E-state index contributed by atoms with van der Waals surface area (Å²) >= 11 is 3.37. The Labute approximate surface area is 139 Å². The number of carbonyl (C=O) groups is 1. The van der Waals surface area contributed by atoms with E-state index in [1.54, 1.807) is 30.0 Å². The Hall–Kier alpha value is -1.37. The molecule has 2 N–H and O–H groups in total. The molecule has 2 rings (SSSR count). The van der Waals surface area contributed by atoms with E-state index >= 15 is 0 Å². The van der Waals surface area contributed by atoms with Crippen LogP contribution in [0.15, 0.2) is 34.5 Å². The first-order valence-electron chi connectivity index (χ1n) is 7.14. The van der Waals surface area contributed by atoms with Crippen LogP contribution < -0.4 is 5.32 Å². The SMILES string of the molecule is Cc1nc(CSc2ccc(C(=O)NCCC(C)O)cc2)cs1. The van der Waals surface area contributed by atoms with E-state index in [1.165, 1.54) is 0 Å². The van der Waals surface area contributed by atoms with Crippen molar-refractivity contribution >= 4 is 29.0 Å². The van der Waals surface area contributed by atoms with Crippen molar-refractivity contribution in [3.05, 3.63) is 45.9 Å². The molecule has 6 heteroatoms. The number of nitrogens with zero attached hydrogens (tertiary/aromatic N) is 1. The largest absolute Gasteiger partial charge is 0.393 e. The van der Waals surface area contributed by atoms with E-state index in [9.17, 15) is 4.79 Å². The van der Waals surface area contributed by atoms with Crippen molar-refractivity contribution in [3.63, 3.8) is 0 Å². The number of thioether (sulfide) groups is 1. The van der Waals surface area contributed by atoms with E-state index in [0.29, 0.717) is 18.5 Å². The van der Waals surface area contributed by atoms with Gasteiger partial charge in [-0.2, -0.15) is 0 Å². The molecule has 0 aliphatic carbocycles. The number of aromatic nitrogens is 1. The van der Waals surface area contributed by atoms with Gasteiger partial charge < -0.3 is 10.4 Å². The van der Waals surface area contributed by atoms with Gasteiger partial charge in [-0.3, -0.25) is 4.79 Å². The van der Waals surface area contributed by atoms with Crippen LogP contribution >= 0.6 is 23.1 Å². The van der Waals surface area contributed by atoms with E-state index in [1.807, 2.05) is 31.2 Å². The van der Waals surface area contributed by atoms with Gasteiger partial charge in [0.15, 0.2) is 0 Å². The smallest absolute Gasteiger partial charge is 0.251 e. The minimum Gasteiger partial charge on any atom is -0.393 e. The van der Waals surface area contributed by atoms with Crippen molar-refractivity contribution in [2.24, 2.45) is 0 Å². The lowest BCUT2D eigenvalue weighted by Gasteiger charge is -2.07. The molecule has 22 heavy (non-hydrogen) atoms. The zero-order chi connectivity index (χ0) is 15.9. The summed E-state index contributed by atoms with van der Waals surface area (Å²) in [6, 6.07) is 7.56. The Morgan fingerprint density at radius 3 is 2.73 bits per heavy atom. The predicted molar refractivity (Wildman–Crippen MR) is 91.5 cm³/mol. The number of thiazole rings is 1. The molecule has 118 valence electrons. The number of amides is 1. The molecule has 0 fully saturated rings. The van der Waals surface area contributed by atoms with E-state index in [2.05, 4.69) is 15.7 Å². The monoisotopic (exact) mass is 336 g/mol. The molecule has 0 aliphatic rings. The average molecular weight is 336 g/mol. The van der Waals surface area contributed by atoms with Crippen LogP contribution in [-0.4, -0.2) is 28.6 Å². The summed E-state index contributed by atoms with van der Waals surface area (Å²) < 4.78 is 0. The molecule has 1 atom stereocenters. The number of aryl methyl sites for hydroxylation is 1. The molecule has 1 aromatic carbocycles. The van der Waals surface area contributed by atoms with Crippen molar-refractivity contribution < 1.29 is 9.90 Å². The normalized spacial score (nSPS) is 12.1. The lowest BCUT2D eigenvalue weighted by molar-refractivity contribution is 0.0945. The van der Waals surface area contributed by atoms with Gasteiger partial charge >= 0.3 is 0 Å². The van der Waals surface area contributed by atoms with E-state index < -0.39 is 6.10 Å². The summed E-state index contributed by atoms with van der Waals surface area (Å²) in [4.78, 5) is 17.5. The molecular weight excluding hydrogens is 316 g/mol. The number of benzene rings is 1. The molecule has 0 radical (unpaired) electrons. The average Bonchev–Trinajstić information content (AvgIpc) is 2.91. The third-order valence-electron chi connectivity index (χ3n) is 3.02. The molecular formula is C16H20N2O2S2. The van der Waals surface area contributed by atoms with Gasteiger partial charge in [-0.05, 0) is 44.5 Å². The Morgan fingerprint density at radius 2 is 2.14 bits per heavy atom. The molecule has 0 saturated carbocycles. The van der Waals surface area contributed by atoms with Crippen molar-refractivity contribution in [3.8, 4) is 0 Å². The van der Waals surface area contributed by atoms with E-state index in [0.717, 1.165) is 21.3 Å². The summed E-state index contributed by atoms with van der Waals surface area (Å²) in [6.07, 6.45) is 0.167. The fourth-order valence-electron chi connectivity index (χ4n) is 1.83. The van der Waals surface area contributed by atoms with Crippen LogP contribution in [0, 0.1) is 6.92 Å². The molecule has 1 unspecified atom stereocenters. The first-order valence-corrected chi connectivity index (χ1v) is 9.01. The van der Waals surface area contributed by atoms with Crippen LogP contribution in [0.5, 0.6) is 0 Å². The van der Waals surface area contributed by atoms with Gasteiger partial charge in [0, 0.05) is 28.1 Å². The highest BCUT2D eigenvalue weighted by molar-refractivity contribution is 7.98. The molecule has 0 aliphatic heterocycles. The maximum atomic E-state index is 11.9. The van der Waals surface area contributed by atoms with Crippen LogP contribution in [0.25, 0.3) is 0 Å². The van der Waals surface area contributed by atoms with Crippen LogP contribution in [0.3, 0.4) is 0 Å². The van der Waals surface area contributed by atoms with Crippen LogP contribution in [0.4, 0.5) is 0 Å². The van der Waals surface area contributed by atoms with Crippen molar-refractivity contribution in [2.75, 3.05) is 6.54 Å². The van der Waals surface area contributed by atoms with Gasteiger partial charge in [0.05, 0.1) is 16.8 Å². The quantitative estimate of drug-likeness (QED) is 0.762. The van der Waals surface area contributed by atoms with Crippen molar-refractivity contribution in [1.82, 2.24) is 10.3 Å². The molecule has 1 aromatic heterocycles. The number of aliphatic hydroxyl groups excluding tert-OH is 1. The first-order chi connectivity index (χ1) is 10.5. The summed E-state index contributed by atoms with van der Waals surface area (Å²) in [5.74, 6) is 0.733. The molecule has 0 bridgehead atoms. The molecule has 4 nitrogen and oxygen atoms in total. The Kier molecular flexibility index (Phi) is 6.42. The van der Waals surface area contributed by atoms with Gasteiger partial charge in [-0.15, -0.1) is 23.1 Å². The zero-order valence-electron chi connectivity index (χ0n) is 12.7. The highest BCUT2D eigenvalue weighted by Gasteiger charge is 2.06. The maximum Gasteiger partial charge on any atom is 0.251 e. The molecule has 0 saturated heterocycles. The number of carbonyl (C=O) groups excluding carboxylic acids is 1. The maximum absolute atomic E-state index is 11.9. The Balaban J connectivity index is 1.83. The zero-order valence-corrected chi connectivity index (χ0v) is 14.3. The van der Waals surface area contributed by atoms with Crippen molar-refractivity contribution in [1.29, 1.82) is 0 Å². The summed E-state index contributed by atoms with van der Waals surface area (Å²) in [5.41, 5.74) is 1.73. The lowest BCUT2D eigenvalue weighted by atomic mass is 10.2. The number of hydrogen-bond donors (Lipinski definition) is 2. The molecule has 0 spiro atoms. The van der Waals surface area contributed by atoms with Gasteiger partial charge in [0.25, 0.3) is 5.91 Å². The highest BCUT2D eigenvalue weighted by Crippen LogP contribution is 2.23. The second-order valence-corrected chi connectivity index (χ2v) is 7.18. The van der Waals surface area contributed by atoms with Crippen LogP contribution in [0.1, 0.15) is 34.4 Å². The summed E-state index contributed by atoms with van der Waals surface area (Å²) in [5, 5.41) is 15.1. The number of rotatable bonds is 7. The van der Waals surface area contributed by atoms with Gasteiger partial charge in [0.2, 0.25) is 0 Å². The third-order valence-corrected chi connectivity index (χ3v) is 4.89. The van der Waals surface area contributed by atoms with Crippen LogP contribution in [-0.2, 0) is 5.75 Å². The number of aliphatic hydroxyl groups is 1. The minimum atomic E-state index is -0.395. The van der Waals surface area contributed by atoms with Gasteiger partial charge in [-0.1, -0.05) is 0 Å². The number of nitrogens with one attached hydrogen (secondary N) is 1. The van der Waals surface area contributed by atoms with E-state index in [4.69, 9.17) is 5.11 Å². The molecule has 1 amide bonds. The summed E-state index contributed by atoms with van der Waals surface area (Å²) in [7, 11) is 0. The van der Waals surface area contributed by atoms with Crippen LogP contribution in [0.2, 0.25) is 0 Å². The van der Waals surface area contributed by atoms with Crippen molar-refractivity contribution in [2.45, 2.75) is 37.0 Å². The topological polar surface area (TPSA) is 62.2 Å². The fourth-order valence-corrected chi connectivity index (χ4v) is 3.34. The Bertz CT molecular complexity index is 609. The second kappa shape index (κ2) is 8.31. The third kappa shape index (κ3) is 5.44. The molecule has 2 aromatic rings. The summed E-state index contributed by atoms with van der Waals surface area (Å²) in [6.45, 7) is 4.20.